The van der Waals surface area contributed by atoms with E-state index in [4.69, 9.17) is 10.5 Å². The summed E-state index contributed by atoms with van der Waals surface area (Å²) in [6.07, 6.45) is 3.63. The highest BCUT2D eigenvalue weighted by molar-refractivity contribution is 9.10. The Balaban J connectivity index is 2.05. The molecule has 0 radical (unpaired) electrons. The first kappa shape index (κ1) is 14.0. The lowest BCUT2D eigenvalue weighted by molar-refractivity contribution is 0.459. The van der Waals surface area contributed by atoms with Crippen molar-refractivity contribution in [3.63, 3.8) is 0 Å². The van der Waals surface area contributed by atoms with Crippen molar-refractivity contribution in [2.45, 2.75) is 25.8 Å². The summed E-state index contributed by atoms with van der Waals surface area (Å²) >= 11 is 3.44. The van der Waals surface area contributed by atoms with Crippen LogP contribution in [0.2, 0.25) is 0 Å². The van der Waals surface area contributed by atoms with E-state index in [0.717, 1.165) is 28.6 Å². The second kappa shape index (κ2) is 6.68. The predicted molar refractivity (Wildman–Crippen MR) is 80.4 cm³/mol. The second-order valence-electron chi connectivity index (χ2n) is 4.41. The van der Waals surface area contributed by atoms with Crippen LogP contribution in [-0.4, -0.2) is 11.0 Å². The first-order valence-electron chi connectivity index (χ1n) is 6.32. The van der Waals surface area contributed by atoms with Crippen molar-refractivity contribution < 1.29 is 4.74 Å². The SMILES string of the molecule is CCC(N)Cc1ccc(Oc2ccccc2Br)nc1. The fourth-order valence-electron chi connectivity index (χ4n) is 1.68. The molecule has 2 rings (SSSR count). The second-order valence-corrected chi connectivity index (χ2v) is 5.26. The molecule has 0 fully saturated rings. The van der Waals surface area contributed by atoms with Crippen molar-refractivity contribution in [3.8, 4) is 11.6 Å². The summed E-state index contributed by atoms with van der Waals surface area (Å²) in [7, 11) is 0. The van der Waals surface area contributed by atoms with E-state index < -0.39 is 0 Å². The minimum atomic E-state index is 0.192. The molecule has 2 N–H and O–H groups in total. The lowest BCUT2D eigenvalue weighted by atomic mass is 10.1. The molecule has 19 heavy (non-hydrogen) atoms. The smallest absolute Gasteiger partial charge is 0.219 e. The average Bonchev–Trinajstić information content (AvgIpc) is 2.43. The van der Waals surface area contributed by atoms with Crippen LogP contribution in [0.25, 0.3) is 0 Å². The summed E-state index contributed by atoms with van der Waals surface area (Å²) in [5, 5.41) is 0. The van der Waals surface area contributed by atoms with Crippen molar-refractivity contribution >= 4 is 15.9 Å². The van der Waals surface area contributed by atoms with Gasteiger partial charge in [-0.05, 0) is 46.5 Å². The van der Waals surface area contributed by atoms with E-state index in [-0.39, 0.29) is 6.04 Å². The fourth-order valence-corrected chi connectivity index (χ4v) is 2.05. The van der Waals surface area contributed by atoms with Crippen molar-refractivity contribution in [1.82, 2.24) is 4.98 Å². The van der Waals surface area contributed by atoms with Gasteiger partial charge in [0.1, 0.15) is 5.75 Å². The van der Waals surface area contributed by atoms with Gasteiger partial charge in [0.15, 0.2) is 0 Å². The van der Waals surface area contributed by atoms with Gasteiger partial charge in [-0.2, -0.15) is 0 Å². The number of para-hydroxylation sites is 1. The molecule has 0 amide bonds. The van der Waals surface area contributed by atoms with E-state index >= 15 is 0 Å². The van der Waals surface area contributed by atoms with E-state index in [2.05, 4.69) is 27.8 Å². The van der Waals surface area contributed by atoms with Gasteiger partial charge in [-0.15, -0.1) is 0 Å². The van der Waals surface area contributed by atoms with Gasteiger partial charge < -0.3 is 10.5 Å². The van der Waals surface area contributed by atoms with Crippen molar-refractivity contribution in [3.05, 3.63) is 52.6 Å². The molecule has 3 nitrogen and oxygen atoms in total. The summed E-state index contributed by atoms with van der Waals surface area (Å²) < 4.78 is 6.62. The van der Waals surface area contributed by atoms with Crippen molar-refractivity contribution in [2.24, 2.45) is 5.73 Å². The molecule has 1 atom stereocenters. The Morgan fingerprint density at radius 3 is 2.68 bits per heavy atom. The van der Waals surface area contributed by atoms with Gasteiger partial charge in [0.25, 0.3) is 0 Å². The number of hydrogen-bond acceptors (Lipinski definition) is 3. The number of pyridine rings is 1. The minimum absolute atomic E-state index is 0.192. The molecule has 2 aromatic rings. The highest BCUT2D eigenvalue weighted by Gasteiger charge is 2.05. The maximum Gasteiger partial charge on any atom is 0.219 e. The van der Waals surface area contributed by atoms with Crippen LogP contribution in [0, 0.1) is 0 Å². The Hall–Kier alpha value is -1.39. The zero-order valence-corrected chi connectivity index (χ0v) is 12.4. The normalized spacial score (nSPS) is 12.2. The summed E-state index contributed by atoms with van der Waals surface area (Å²) in [6.45, 7) is 2.09. The van der Waals surface area contributed by atoms with E-state index in [1.807, 2.05) is 42.6 Å². The topological polar surface area (TPSA) is 48.1 Å². The zero-order chi connectivity index (χ0) is 13.7. The first-order chi connectivity index (χ1) is 9.19. The number of aromatic nitrogens is 1. The van der Waals surface area contributed by atoms with Crippen LogP contribution in [0.1, 0.15) is 18.9 Å². The molecule has 4 heteroatoms. The molecule has 0 saturated heterocycles. The first-order valence-corrected chi connectivity index (χ1v) is 7.11. The van der Waals surface area contributed by atoms with Crippen LogP contribution < -0.4 is 10.5 Å². The summed E-state index contributed by atoms with van der Waals surface area (Å²) in [4.78, 5) is 4.30. The molecule has 100 valence electrons. The van der Waals surface area contributed by atoms with E-state index in [9.17, 15) is 0 Å². The summed E-state index contributed by atoms with van der Waals surface area (Å²) in [5.41, 5.74) is 7.05. The molecular formula is C15H17BrN2O. The molecule has 0 saturated carbocycles. The van der Waals surface area contributed by atoms with Crippen LogP contribution in [0.15, 0.2) is 47.1 Å². The quantitative estimate of drug-likeness (QED) is 0.908. The minimum Gasteiger partial charge on any atom is -0.438 e. The van der Waals surface area contributed by atoms with Crippen LogP contribution in [0.3, 0.4) is 0 Å². The van der Waals surface area contributed by atoms with E-state index in [1.165, 1.54) is 0 Å². The standard InChI is InChI=1S/C15H17BrN2O/c1-2-12(17)9-11-7-8-15(18-10-11)19-14-6-4-3-5-13(14)16/h3-8,10,12H,2,9,17H2,1H3. The molecule has 1 heterocycles. The third kappa shape index (κ3) is 4.04. The third-order valence-corrected chi connectivity index (χ3v) is 3.53. The summed E-state index contributed by atoms with van der Waals surface area (Å²) in [6, 6.07) is 11.8. The number of nitrogens with zero attached hydrogens (tertiary/aromatic N) is 1. The van der Waals surface area contributed by atoms with Crippen LogP contribution in [0.5, 0.6) is 11.6 Å². The molecule has 0 aliphatic carbocycles. The number of benzene rings is 1. The van der Waals surface area contributed by atoms with E-state index in [0.29, 0.717) is 5.88 Å². The Morgan fingerprint density at radius 2 is 2.05 bits per heavy atom. The molecule has 0 aliphatic rings. The zero-order valence-electron chi connectivity index (χ0n) is 10.8. The van der Waals surface area contributed by atoms with Gasteiger partial charge in [-0.1, -0.05) is 25.1 Å². The maximum absolute atomic E-state index is 5.92. The monoisotopic (exact) mass is 320 g/mol. The number of nitrogens with two attached hydrogens (primary N) is 1. The van der Waals surface area contributed by atoms with Gasteiger partial charge in [-0.3, -0.25) is 0 Å². The molecule has 0 bridgehead atoms. The molecule has 0 aliphatic heterocycles. The van der Waals surface area contributed by atoms with Crippen molar-refractivity contribution in [2.75, 3.05) is 0 Å². The Kier molecular flexibility index (Phi) is 4.93. The van der Waals surface area contributed by atoms with Crippen LogP contribution in [0.4, 0.5) is 0 Å². The predicted octanol–water partition coefficient (Wildman–Crippen LogP) is 3.92. The summed E-state index contributed by atoms with van der Waals surface area (Å²) in [5.74, 6) is 1.34. The van der Waals surface area contributed by atoms with Crippen molar-refractivity contribution in [1.29, 1.82) is 0 Å². The largest absolute Gasteiger partial charge is 0.438 e. The number of rotatable bonds is 5. The highest BCUT2D eigenvalue weighted by atomic mass is 79.9. The maximum atomic E-state index is 5.92. The lowest BCUT2D eigenvalue weighted by Gasteiger charge is -2.09. The van der Waals surface area contributed by atoms with Gasteiger partial charge in [0, 0.05) is 18.3 Å². The van der Waals surface area contributed by atoms with Gasteiger partial charge >= 0.3 is 0 Å². The number of hydrogen-bond donors (Lipinski definition) is 1. The molecule has 1 aromatic heterocycles. The Morgan fingerprint density at radius 1 is 1.26 bits per heavy atom. The van der Waals surface area contributed by atoms with Crippen LogP contribution >= 0.6 is 15.9 Å². The molecule has 1 aromatic carbocycles. The van der Waals surface area contributed by atoms with E-state index in [1.54, 1.807) is 0 Å². The van der Waals surface area contributed by atoms with Crippen LogP contribution in [-0.2, 0) is 6.42 Å². The number of ether oxygens (including phenoxy) is 1. The van der Waals surface area contributed by atoms with Gasteiger partial charge in [-0.25, -0.2) is 4.98 Å². The molecular weight excluding hydrogens is 304 g/mol. The Labute approximate surface area is 121 Å². The molecule has 1 unspecified atom stereocenters. The average molecular weight is 321 g/mol. The lowest BCUT2D eigenvalue weighted by Crippen LogP contribution is -2.21. The fraction of sp³-hybridized carbons (Fsp3) is 0.267. The van der Waals surface area contributed by atoms with Gasteiger partial charge in [0.2, 0.25) is 5.88 Å². The number of halogens is 1. The third-order valence-electron chi connectivity index (χ3n) is 2.87. The Bertz CT molecular complexity index is 528. The highest BCUT2D eigenvalue weighted by Crippen LogP contribution is 2.28. The molecule has 0 spiro atoms. The van der Waals surface area contributed by atoms with Gasteiger partial charge in [0.05, 0.1) is 4.47 Å².